The van der Waals surface area contributed by atoms with Gasteiger partial charge in [-0.3, -0.25) is 0 Å². The summed E-state index contributed by atoms with van der Waals surface area (Å²) in [6.45, 7) is 11.0. The molecule has 1 unspecified atom stereocenters. The van der Waals surface area contributed by atoms with Crippen molar-refractivity contribution in [1.82, 2.24) is 5.32 Å². The lowest BCUT2D eigenvalue weighted by Gasteiger charge is -2.22. The number of halogens is 2. The highest BCUT2D eigenvalue weighted by Crippen LogP contribution is 2.26. The normalized spacial score (nSPS) is 11.9. The lowest BCUT2D eigenvalue weighted by molar-refractivity contribution is 0.610. The molecule has 0 radical (unpaired) electrons. The van der Waals surface area contributed by atoms with E-state index in [0.29, 0.717) is 6.42 Å². The molecular weight excluding hydrogens is 385 g/mol. The minimum Gasteiger partial charge on any atom is -0.385 e. The average molecular weight is 418 g/mol. The zero-order valence-electron chi connectivity index (χ0n) is 17.9. The van der Waals surface area contributed by atoms with E-state index < -0.39 is 0 Å². The molecule has 1 atom stereocenters. The standard InChI is InChI=1S/C23H28ClFN2.CH5N/c1-5-14-26-23-13-11-19(25)15-20(23)17(4)27-22(16(2)3)12-10-18-8-6-7-9-21(18)24;1-2/h6-9,11-13,15,17,26-27H,2,5,10,14H2,1,3-4H3;2H2,1H3/b22-12+;. The molecule has 0 aliphatic rings. The second kappa shape index (κ2) is 13.0. The van der Waals surface area contributed by atoms with Crippen LogP contribution in [0.3, 0.4) is 0 Å². The lowest BCUT2D eigenvalue weighted by Crippen LogP contribution is -2.20. The van der Waals surface area contributed by atoms with E-state index in [-0.39, 0.29) is 11.9 Å². The van der Waals surface area contributed by atoms with Gasteiger partial charge in [0.25, 0.3) is 0 Å². The fourth-order valence-electron chi connectivity index (χ4n) is 2.86. The van der Waals surface area contributed by atoms with Gasteiger partial charge in [0.1, 0.15) is 5.82 Å². The fraction of sp³-hybridized carbons (Fsp3) is 0.333. The summed E-state index contributed by atoms with van der Waals surface area (Å²) in [6.07, 6.45) is 3.79. The first-order chi connectivity index (χ1) is 13.9. The Kier molecular flexibility index (Phi) is 11.1. The second-order valence-corrected chi connectivity index (χ2v) is 7.13. The van der Waals surface area contributed by atoms with Gasteiger partial charge in [-0.25, -0.2) is 4.39 Å². The van der Waals surface area contributed by atoms with Crippen LogP contribution in [0.2, 0.25) is 5.02 Å². The summed E-state index contributed by atoms with van der Waals surface area (Å²) >= 11 is 6.25. The molecule has 0 aliphatic heterocycles. The highest BCUT2D eigenvalue weighted by molar-refractivity contribution is 6.31. The number of benzene rings is 2. The smallest absolute Gasteiger partial charge is 0.123 e. The Bertz CT molecular complexity index is 818. The van der Waals surface area contributed by atoms with Crippen LogP contribution in [0.5, 0.6) is 0 Å². The van der Waals surface area contributed by atoms with Crippen molar-refractivity contribution in [2.45, 2.75) is 39.7 Å². The molecule has 0 heterocycles. The quantitative estimate of drug-likeness (QED) is 0.424. The Morgan fingerprint density at radius 2 is 1.93 bits per heavy atom. The van der Waals surface area contributed by atoms with E-state index in [9.17, 15) is 4.39 Å². The molecule has 29 heavy (non-hydrogen) atoms. The first-order valence-electron chi connectivity index (χ1n) is 9.89. The highest BCUT2D eigenvalue weighted by atomic mass is 35.5. The summed E-state index contributed by atoms with van der Waals surface area (Å²) < 4.78 is 13.8. The molecule has 0 fully saturated rings. The minimum absolute atomic E-state index is 0.0748. The molecule has 4 N–H and O–H groups in total. The molecule has 0 amide bonds. The fourth-order valence-corrected chi connectivity index (χ4v) is 3.07. The summed E-state index contributed by atoms with van der Waals surface area (Å²) in [6, 6.07) is 12.6. The van der Waals surface area contributed by atoms with E-state index in [1.165, 1.54) is 13.1 Å². The first kappa shape index (κ1) is 24.7. The third kappa shape index (κ3) is 7.92. The monoisotopic (exact) mass is 417 g/mol. The maximum atomic E-state index is 13.8. The van der Waals surface area contributed by atoms with Crippen molar-refractivity contribution in [2.75, 3.05) is 18.9 Å². The van der Waals surface area contributed by atoms with Gasteiger partial charge in [0.15, 0.2) is 0 Å². The molecule has 5 heteroatoms. The van der Waals surface area contributed by atoms with Crippen molar-refractivity contribution in [2.24, 2.45) is 5.73 Å². The molecule has 2 aromatic carbocycles. The summed E-state index contributed by atoms with van der Waals surface area (Å²) in [7, 11) is 1.50. The number of allylic oxidation sites excluding steroid dienone is 2. The van der Waals surface area contributed by atoms with Gasteiger partial charge < -0.3 is 16.4 Å². The molecule has 158 valence electrons. The zero-order valence-corrected chi connectivity index (χ0v) is 18.6. The molecule has 0 aliphatic carbocycles. The van der Waals surface area contributed by atoms with Crippen LogP contribution in [0.1, 0.15) is 44.4 Å². The third-order valence-corrected chi connectivity index (χ3v) is 4.73. The van der Waals surface area contributed by atoms with Gasteiger partial charge in [-0.1, -0.05) is 49.4 Å². The van der Waals surface area contributed by atoms with Gasteiger partial charge in [0.05, 0.1) is 6.04 Å². The Morgan fingerprint density at radius 1 is 1.24 bits per heavy atom. The van der Waals surface area contributed by atoms with E-state index in [4.69, 9.17) is 11.6 Å². The maximum Gasteiger partial charge on any atom is 0.123 e. The average Bonchev–Trinajstić information content (AvgIpc) is 2.72. The summed E-state index contributed by atoms with van der Waals surface area (Å²) in [5.41, 5.74) is 9.27. The Hall–Kier alpha value is -2.30. The van der Waals surface area contributed by atoms with Crippen LogP contribution in [-0.4, -0.2) is 13.6 Å². The van der Waals surface area contributed by atoms with Gasteiger partial charge in [0.2, 0.25) is 0 Å². The molecule has 2 rings (SSSR count). The number of nitrogens with two attached hydrogens (primary N) is 1. The molecule has 0 aromatic heterocycles. The molecular formula is C24H33ClFN3. The number of anilines is 1. The van der Waals surface area contributed by atoms with Crippen LogP contribution < -0.4 is 16.4 Å². The van der Waals surface area contributed by atoms with Crippen molar-refractivity contribution >= 4 is 17.3 Å². The van der Waals surface area contributed by atoms with Crippen LogP contribution in [-0.2, 0) is 6.42 Å². The van der Waals surface area contributed by atoms with Gasteiger partial charge >= 0.3 is 0 Å². The van der Waals surface area contributed by atoms with Crippen LogP contribution in [0, 0.1) is 5.82 Å². The van der Waals surface area contributed by atoms with E-state index in [0.717, 1.165) is 46.1 Å². The first-order valence-corrected chi connectivity index (χ1v) is 10.3. The summed E-state index contributed by atoms with van der Waals surface area (Å²) in [5, 5.41) is 7.60. The van der Waals surface area contributed by atoms with Crippen LogP contribution in [0.15, 0.2) is 66.4 Å². The SMILES string of the molecule is C=C(C)/C(=C\Cc1ccccc1Cl)NC(C)c1cc(F)ccc1NCCC.CN. The van der Waals surface area contributed by atoms with Crippen molar-refractivity contribution < 1.29 is 4.39 Å². The molecule has 3 nitrogen and oxygen atoms in total. The van der Waals surface area contributed by atoms with Crippen molar-refractivity contribution in [1.29, 1.82) is 0 Å². The maximum absolute atomic E-state index is 13.8. The van der Waals surface area contributed by atoms with Gasteiger partial charge in [-0.2, -0.15) is 0 Å². The van der Waals surface area contributed by atoms with Gasteiger partial charge in [-0.05, 0) is 69.1 Å². The zero-order chi connectivity index (χ0) is 21.8. The van der Waals surface area contributed by atoms with E-state index in [1.54, 1.807) is 12.1 Å². The van der Waals surface area contributed by atoms with Crippen molar-refractivity contribution in [3.8, 4) is 0 Å². The van der Waals surface area contributed by atoms with E-state index >= 15 is 0 Å². The topological polar surface area (TPSA) is 50.1 Å². The van der Waals surface area contributed by atoms with E-state index in [2.05, 4.69) is 35.9 Å². The second-order valence-electron chi connectivity index (χ2n) is 6.72. The highest BCUT2D eigenvalue weighted by Gasteiger charge is 2.13. The lowest BCUT2D eigenvalue weighted by atomic mass is 10.0. The Morgan fingerprint density at radius 3 is 2.55 bits per heavy atom. The van der Waals surface area contributed by atoms with Crippen molar-refractivity contribution in [3.63, 3.8) is 0 Å². The summed E-state index contributed by atoms with van der Waals surface area (Å²) in [5.74, 6) is -0.238. The largest absolute Gasteiger partial charge is 0.385 e. The van der Waals surface area contributed by atoms with E-state index in [1.807, 2.05) is 38.1 Å². The number of rotatable bonds is 9. The predicted molar refractivity (Wildman–Crippen MR) is 125 cm³/mol. The third-order valence-electron chi connectivity index (χ3n) is 4.36. The molecule has 0 saturated heterocycles. The number of hydrogen-bond donors (Lipinski definition) is 3. The summed E-state index contributed by atoms with van der Waals surface area (Å²) in [4.78, 5) is 0. The number of nitrogens with one attached hydrogen (secondary N) is 2. The predicted octanol–water partition coefficient (Wildman–Crippen LogP) is 6.23. The molecule has 0 saturated carbocycles. The van der Waals surface area contributed by atoms with Crippen LogP contribution >= 0.6 is 11.6 Å². The molecule has 0 spiro atoms. The Labute approximate surface area is 179 Å². The van der Waals surface area contributed by atoms with Gasteiger partial charge in [0, 0.05) is 28.5 Å². The van der Waals surface area contributed by atoms with Crippen molar-refractivity contribution in [3.05, 3.63) is 88.4 Å². The number of hydrogen-bond acceptors (Lipinski definition) is 3. The molecule has 2 aromatic rings. The minimum atomic E-state index is -0.238. The van der Waals surface area contributed by atoms with Gasteiger partial charge in [-0.15, -0.1) is 0 Å². The van der Waals surface area contributed by atoms with Crippen LogP contribution in [0.4, 0.5) is 10.1 Å². The Balaban J connectivity index is 0.00000204. The molecule has 0 bridgehead atoms. The van der Waals surface area contributed by atoms with Crippen LogP contribution in [0.25, 0.3) is 0 Å².